The molecule has 9 heteroatoms. The molecule has 0 aliphatic rings. The Balaban J connectivity index is 1.93. The lowest BCUT2D eigenvalue weighted by Gasteiger charge is -2.20. The molecular formula is C24H27N4O5+. The first-order valence-electron chi connectivity index (χ1n) is 10.3. The van der Waals surface area contributed by atoms with Crippen molar-refractivity contribution in [1.29, 1.82) is 0 Å². The first-order valence-corrected chi connectivity index (χ1v) is 10.3. The quantitative estimate of drug-likeness (QED) is 0.488. The van der Waals surface area contributed by atoms with Crippen LogP contribution in [0.3, 0.4) is 0 Å². The predicted molar refractivity (Wildman–Crippen MR) is 125 cm³/mol. The van der Waals surface area contributed by atoms with E-state index >= 15 is 0 Å². The summed E-state index contributed by atoms with van der Waals surface area (Å²) in [6, 6.07) is 13.8. The van der Waals surface area contributed by atoms with Crippen LogP contribution in [0.5, 0.6) is 17.2 Å². The Hall–Kier alpha value is -4.14. The highest BCUT2D eigenvalue weighted by molar-refractivity contribution is 6.01. The molecular weight excluding hydrogens is 424 g/mol. The fourth-order valence-corrected chi connectivity index (χ4v) is 3.50. The average Bonchev–Trinajstić information content (AvgIpc) is 2.85. The van der Waals surface area contributed by atoms with Gasteiger partial charge in [0.25, 0.3) is 0 Å². The van der Waals surface area contributed by atoms with Crippen LogP contribution in [0.15, 0.2) is 59.9 Å². The number of pyridine rings is 1. The van der Waals surface area contributed by atoms with Crippen LogP contribution in [0.4, 0.5) is 22.0 Å². The molecule has 1 aromatic heterocycles. The van der Waals surface area contributed by atoms with Crippen molar-refractivity contribution in [1.82, 2.24) is 5.32 Å². The molecule has 9 nitrogen and oxygen atoms in total. The zero-order chi connectivity index (χ0) is 23.8. The summed E-state index contributed by atoms with van der Waals surface area (Å²) in [5.41, 5.74) is 2.27. The first kappa shape index (κ1) is 23.5. The standard InChI is InChI=1S/C24H26N4O5/c1-16-21(32-3)12-11-20(22(16)33-4)28(23-19(27-30)6-5-14-25-23)24(29)26-15-13-17-7-9-18(31-2)10-8-17/h5-12,14H,13,15H2,1-4H3,(H,26,29)/p+1. The smallest absolute Gasteiger partial charge is 0.414 e. The number of H-pyrrole nitrogens is 1. The molecule has 33 heavy (non-hydrogen) atoms. The maximum Gasteiger partial charge on any atom is 0.414 e. The van der Waals surface area contributed by atoms with Crippen molar-refractivity contribution in [2.24, 2.45) is 5.18 Å². The van der Waals surface area contributed by atoms with E-state index in [0.29, 0.717) is 35.7 Å². The van der Waals surface area contributed by atoms with Gasteiger partial charge in [-0.2, -0.15) is 0 Å². The largest absolute Gasteiger partial charge is 0.497 e. The van der Waals surface area contributed by atoms with Gasteiger partial charge < -0.3 is 19.5 Å². The number of nitroso groups, excluding NO2 is 1. The Labute approximate surface area is 192 Å². The number of methoxy groups -OCH3 is 3. The van der Waals surface area contributed by atoms with Crippen LogP contribution in [0, 0.1) is 11.8 Å². The van der Waals surface area contributed by atoms with Crippen LogP contribution in [0.1, 0.15) is 11.1 Å². The highest BCUT2D eigenvalue weighted by Crippen LogP contribution is 2.41. The van der Waals surface area contributed by atoms with E-state index in [1.165, 1.54) is 18.1 Å². The molecule has 0 aliphatic carbocycles. The molecule has 0 fully saturated rings. The second-order valence-corrected chi connectivity index (χ2v) is 7.11. The molecule has 1 heterocycles. The third-order valence-corrected chi connectivity index (χ3v) is 5.19. The molecule has 0 spiro atoms. The number of anilines is 2. The fraction of sp³-hybridized carbons (Fsp3) is 0.250. The third-order valence-electron chi connectivity index (χ3n) is 5.19. The molecule has 2 N–H and O–H groups in total. The number of nitrogens with zero attached hydrogens (tertiary/aromatic N) is 2. The van der Waals surface area contributed by atoms with Gasteiger partial charge in [-0.05, 0) is 60.5 Å². The molecule has 2 aromatic carbocycles. The van der Waals surface area contributed by atoms with Gasteiger partial charge in [0, 0.05) is 12.1 Å². The number of aromatic nitrogens is 1. The molecule has 0 aliphatic heterocycles. The lowest BCUT2D eigenvalue weighted by molar-refractivity contribution is -0.361. The van der Waals surface area contributed by atoms with Gasteiger partial charge in [0.15, 0.2) is 17.1 Å². The van der Waals surface area contributed by atoms with Gasteiger partial charge in [-0.3, -0.25) is 0 Å². The summed E-state index contributed by atoms with van der Waals surface area (Å²) in [4.78, 5) is 29.2. The molecule has 2 amide bonds. The van der Waals surface area contributed by atoms with E-state index < -0.39 is 6.03 Å². The molecule has 0 saturated heterocycles. The van der Waals surface area contributed by atoms with Crippen molar-refractivity contribution >= 4 is 23.2 Å². The van der Waals surface area contributed by atoms with E-state index in [-0.39, 0.29) is 11.5 Å². The number of carbonyl (C=O) groups excluding carboxylic acids is 1. The van der Waals surface area contributed by atoms with Gasteiger partial charge in [-0.1, -0.05) is 12.1 Å². The van der Waals surface area contributed by atoms with Gasteiger partial charge in [0.1, 0.15) is 11.5 Å². The number of carbonyl (C=O) groups is 1. The van der Waals surface area contributed by atoms with Crippen LogP contribution in [-0.4, -0.2) is 33.9 Å². The zero-order valence-corrected chi connectivity index (χ0v) is 19.0. The molecule has 0 unspecified atom stereocenters. The number of rotatable bonds is 9. The van der Waals surface area contributed by atoms with Gasteiger partial charge in [-0.25, -0.2) is 9.78 Å². The van der Waals surface area contributed by atoms with Crippen LogP contribution >= 0.6 is 0 Å². The Morgan fingerprint density at radius 3 is 2.42 bits per heavy atom. The van der Waals surface area contributed by atoms with Crippen molar-refractivity contribution in [3.8, 4) is 17.2 Å². The number of urea groups is 1. The van der Waals surface area contributed by atoms with E-state index in [2.05, 4.69) is 15.5 Å². The second kappa shape index (κ2) is 10.9. The zero-order valence-electron chi connectivity index (χ0n) is 19.0. The lowest BCUT2D eigenvalue weighted by Crippen LogP contribution is -2.40. The van der Waals surface area contributed by atoms with E-state index in [1.54, 1.807) is 38.6 Å². The molecule has 0 radical (unpaired) electrons. The fourth-order valence-electron chi connectivity index (χ4n) is 3.50. The SMILES string of the molecule is COc1ccc(CCNC(=O)N(c2ccc(OC)c(C)c2OC)c2[nH+]cccc2N=O)cc1. The normalized spacial score (nSPS) is 10.3. The minimum Gasteiger partial charge on any atom is -0.497 e. The minimum absolute atomic E-state index is 0.0818. The maximum absolute atomic E-state index is 13.4. The average molecular weight is 452 g/mol. The van der Waals surface area contributed by atoms with Crippen molar-refractivity contribution in [3.63, 3.8) is 0 Å². The third kappa shape index (κ3) is 5.20. The summed E-state index contributed by atoms with van der Waals surface area (Å²) in [5.74, 6) is 2.04. The summed E-state index contributed by atoms with van der Waals surface area (Å²) in [7, 11) is 4.69. The maximum atomic E-state index is 13.4. The number of aromatic amines is 1. The second-order valence-electron chi connectivity index (χ2n) is 7.11. The van der Waals surface area contributed by atoms with Crippen molar-refractivity contribution < 1.29 is 24.0 Å². The Bertz CT molecular complexity index is 1120. The minimum atomic E-state index is -0.446. The lowest BCUT2D eigenvalue weighted by atomic mass is 10.1. The highest BCUT2D eigenvalue weighted by atomic mass is 16.5. The van der Waals surface area contributed by atoms with Crippen LogP contribution in [0.25, 0.3) is 0 Å². The number of benzene rings is 2. The summed E-state index contributed by atoms with van der Waals surface area (Å²) < 4.78 is 16.2. The van der Waals surface area contributed by atoms with Gasteiger partial charge in [0.05, 0.1) is 27.5 Å². The Morgan fingerprint density at radius 2 is 1.79 bits per heavy atom. The van der Waals surface area contributed by atoms with Crippen molar-refractivity contribution in [3.05, 3.63) is 70.8 Å². The number of hydrogen-bond acceptors (Lipinski definition) is 6. The Kier molecular flexibility index (Phi) is 7.80. The molecule has 3 aromatic rings. The van der Waals surface area contributed by atoms with E-state index in [1.807, 2.05) is 31.2 Å². The summed E-state index contributed by atoms with van der Waals surface area (Å²) in [6.07, 6.45) is 2.23. The van der Waals surface area contributed by atoms with E-state index in [0.717, 1.165) is 11.3 Å². The monoisotopic (exact) mass is 451 g/mol. The summed E-state index contributed by atoms with van der Waals surface area (Å²) >= 11 is 0. The topological polar surface area (TPSA) is 104 Å². The van der Waals surface area contributed by atoms with Crippen molar-refractivity contribution in [2.75, 3.05) is 32.8 Å². The number of amides is 2. The number of nitrogens with one attached hydrogen (secondary N) is 2. The number of ether oxygens (including phenoxy) is 3. The Morgan fingerprint density at radius 1 is 1.03 bits per heavy atom. The first-order chi connectivity index (χ1) is 16.0. The molecule has 0 saturated carbocycles. The van der Waals surface area contributed by atoms with Crippen LogP contribution in [-0.2, 0) is 6.42 Å². The van der Waals surface area contributed by atoms with Gasteiger partial charge in [0.2, 0.25) is 0 Å². The van der Waals surface area contributed by atoms with E-state index in [4.69, 9.17) is 14.2 Å². The van der Waals surface area contributed by atoms with E-state index in [9.17, 15) is 9.70 Å². The molecule has 3 rings (SSSR count). The van der Waals surface area contributed by atoms with Gasteiger partial charge >= 0.3 is 11.8 Å². The summed E-state index contributed by atoms with van der Waals surface area (Å²) in [6.45, 7) is 2.20. The number of hydrogen-bond donors (Lipinski definition) is 1. The molecule has 0 atom stereocenters. The predicted octanol–water partition coefficient (Wildman–Crippen LogP) is 4.32. The van der Waals surface area contributed by atoms with Crippen LogP contribution in [0.2, 0.25) is 0 Å². The summed E-state index contributed by atoms with van der Waals surface area (Å²) in [5, 5.41) is 5.99. The van der Waals surface area contributed by atoms with Crippen molar-refractivity contribution in [2.45, 2.75) is 13.3 Å². The molecule has 172 valence electrons. The van der Waals surface area contributed by atoms with Crippen LogP contribution < -0.4 is 29.4 Å². The van der Waals surface area contributed by atoms with Gasteiger partial charge in [-0.15, -0.1) is 9.81 Å². The molecule has 0 bridgehead atoms. The highest BCUT2D eigenvalue weighted by Gasteiger charge is 2.34.